The molecule has 3 atom stereocenters. The number of piperidine rings is 1. The van der Waals surface area contributed by atoms with Crippen molar-refractivity contribution in [2.75, 3.05) is 11.9 Å². The number of benzene rings is 1. The first kappa shape index (κ1) is 26.9. The number of hydrogen-bond acceptors (Lipinski definition) is 6. The summed E-state index contributed by atoms with van der Waals surface area (Å²) in [5.74, 6) is -2.00. The van der Waals surface area contributed by atoms with E-state index in [0.29, 0.717) is 12.3 Å². The van der Waals surface area contributed by atoms with Gasteiger partial charge in [0.05, 0.1) is 16.7 Å². The van der Waals surface area contributed by atoms with E-state index in [-0.39, 0.29) is 41.0 Å². The normalized spacial score (nSPS) is 21.4. The summed E-state index contributed by atoms with van der Waals surface area (Å²) in [6.07, 6.45) is 5.98. The third-order valence-corrected chi connectivity index (χ3v) is 7.60. The van der Waals surface area contributed by atoms with Crippen LogP contribution >= 0.6 is 0 Å². The molecule has 8 heteroatoms. The van der Waals surface area contributed by atoms with Gasteiger partial charge in [-0.05, 0) is 58.1 Å². The smallest absolute Gasteiger partial charge is 0.264 e. The van der Waals surface area contributed by atoms with Gasteiger partial charge in [-0.15, -0.1) is 0 Å². The van der Waals surface area contributed by atoms with Crippen LogP contribution in [0.15, 0.2) is 18.2 Å². The van der Waals surface area contributed by atoms with Crippen LogP contribution in [-0.2, 0) is 14.3 Å². The number of amides is 4. The molecule has 35 heavy (non-hydrogen) atoms. The standard InChI is InChI=1S/C27H39N3O5/c1-6-9-15-27(5,8-3)35-17-16-26(4,7-2)29-19-12-10-11-18-22(19)25(34)30(24(18)33)20-13-14-21(31)28-23(20)32/h10-12,20,29H,6-9,13-17H2,1-5H3,(H,28,31,32). The highest BCUT2D eigenvalue weighted by Gasteiger charge is 2.46. The van der Waals surface area contributed by atoms with Gasteiger partial charge in [-0.1, -0.05) is 39.7 Å². The summed E-state index contributed by atoms with van der Waals surface area (Å²) in [5.41, 5.74) is 0.620. The molecule has 192 valence electrons. The molecule has 1 aromatic carbocycles. The number of hydrogen-bond donors (Lipinski definition) is 2. The lowest BCUT2D eigenvalue weighted by molar-refractivity contribution is -0.136. The van der Waals surface area contributed by atoms with Crippen molar-refractivity contribution in [3.8, 4) is 0 Å². The van der Waals surface area contributed by atoms with E-state index in [0.717, 1.165) is 43.4 Å². The number of ether oxygens (including phenoxy) is 1. The van der Waals surface area contributed by atoms with Crippen LogP contribution in [0.4, 0.5) is 5.69 Å². The molecule has 0 aliphatic carbocycles. The van der Waals surface area contributed by atoms with Crippen molar-refractivity contribution in [1.29, 1.82) is 0 Å². The summed E-state index contributed by atoms with van der Waals surface area (Å²) in [7, 11) is 0. The zero-order chi connectivity index (χ0) is 25.8. The van der Waals surface area contributed by atoms with E-state index >= 15 is 0 Å². The van der Waals surface area contributed by atoms with Gasteiger partial charge in [0.2, 0.25) is 11.8 Å². The molecule has 0 spiro atoms. The monoisotopic (exact) mass is 485 g/mol. The number of imide groups is 2. The number of unbranched alkanes of at least 4 members (excludes halogenated alkanes) is 1. The lowest BCUT2D eigenvalue weighted by atomic mass is 9.92. The second kappa shape index (κ2) is 10.9. The first-order valence-electron chi connectivity index (χ1n) is 12.8. The molecule has 2 aliphatic heterocycles. The second-order valence-corrected chi connectivity index (χ2v) is 10.2. The maximum absolute atomic E-state index is 13.4. The Balaban J connectivity index is 1.76. The van der Waals surface area contributed by atoms with E-state index < -0.39 is 23.8 Å². The van der Waals surface area contributed by atoms with E-state index in [2.05, 4.69) is 45.3 Å². The predicted octanol–water partition coefficient (Wildman–Crippen LogP) is 4.43. The van der Waals surface area contributed by atoms with Gasteiger partial charge in [0, 0.05) is 24.3 Å². The van der Waals surface area contributed by atoms with Gasteiger partial charge in [-0.25, -0.2) is 0 Å². The maximum Gasteiger partial charge on any atom is 0.264 e. The summed E-state index contributed by atoms with van der Waals surface area (Å²) < 4.78 is 6.32. The molecule has 1 saturated heterocycles. The van der Waals surface area contributed by atoms with Gasteiger partial charge in [-0.3, -0.25) is 29.4 Å². The van der Waals surface area contributed by atoms with Crippen molar-refractivity contribution >= 4 is 29.3 Å². The first-order chi connectivity index (χ1) is 16.6. The van der Waals surface area contributed by atoms with Crippen molar-refractivity contribution in [3.05, 3.63) is 29.3 Å². The van der Waals surface area contributed by atoms with Crippen molar-refractivity contribution in [1.82, 2.24) is 10.2 Å². The SMILES string of the molecule is CCCCC(C)(CC)OCCC(C)(CC)Nc1cccc2c1C(=O)N(C1CCC(=O)NC1=O)C2=O. The molecule has 3 unspecified atom stereocenters. The van der Waals surface area contributed by atoms with Crippen LogP contribution in [0.25, 0.3) is 0 Å². The Kier molecular flexibility index (Phi) is 8.36. The molecule has 0 saturated carbocycles. The van der Waals surface area contributed by atoms with E-state index in [1.54, 1.807) is 18.2 Å². The minimum absolute atomic E-state index is 0.0950. The van der Waals surface area contributed by atoms with Crippen molar-refractivity contribution in [3.63, 3.8) is 0 Å². The van der Waals surface area contributed by atoms with Gasteiger partial charge in [0.15, 0.2) is 0 Å². The predicted molar refractivity (Wildman–Crippen MR) is 134 cm³/mol. The Morgan fingerprint density at radius 3 is 2.43 bits per heavy atom. The number of anilines is 1. The molecule has 1 fully saturated rings. The van der Waals surface area contributed by atoms with Crippen LogP contribution in [0.3, 0.4) is 0 Å². The van der Waals surface area contributed by atoms with Crippen molar-refractivity contribution in [2.45, 2.75) is 103 Å². The summed E-state index contributed by atoms with van der Waals surface area (Å²) >= 11 is 0. The lowest BCUT2D eigenvalue weighted by Gasteiger charge is -2.34. The minimum atomic E-state index is -0.978. The van der Waals surface area contributed by atoms with Crippen LogP contribution in [0.2, 0.25) is 0 Å². The zero-order valence-electron chi connectivity index (χ0n) is 21.7. The molecular formula is C27H39N3O5. The number of nitrogens with zero attached hydrogens (tertiary/aromatic N) is 1. The van der Waals surface area contributed by atoms with Crippen LogP contribution in [0.1, 0.15) is 107 Å². The fourth-order valence-corrected chi connectivity index (χ4v) is 4.70. The topological polar surface area (TPSA) is 105 Å². The molecule has 0 aromatic heterocycles. The number of carbonyl (C=O) groups excluding carboxylic acids is 4. The molecular weight excluding hydrogens is 446 g/mol. The highest BCUT2D eigenvalue weighted by Crippen LogP contribution is 2.35. The number of fused-ring (bicyclic) bond motifs is 1. The van der Waals surface area contributed by atoms with E-state index in [1.165, 1.54) is 0 Å². The third kappa shape index (κ3) is 5.74. The lowest BCUT2D eigenvalue weighted by Crippen LogP contribution is -2.54. The number of carbonyl (C=O) groups is 4. The highest BCUT2D eigenvalue weighted by atomic mass is 16.5. The van der Waals surface area contributed by atoms with E-state index in [9.17, 15) is 19.2 Å². The average molecular weight is 486 g/mol. The molecule has 3 rings (SSSR count). The molecule has 2 heterocycles. The zero-order valence-corrected chi connectivity index (χ0v) is 21.7. The summed E-state index contributed by atoms with van der Waals surface area (Å²) in [6.45, 7) is 11.2. The Morgan fingerprint density at radius 2 is 1.80 bits per heavy atom. The van der Waals surface area contributed by atoms with Crippen LogP contribution < -0.4 is 10.6 Å². The van der Waals surface area contributed by atoms with Crippen molar-refractivity contribution in [2.24, 2.45) is 0 Å². The molecule has 0 radical (unpaired) electrons. The quantitative estimate of drug-likeness (QED) is 0.424. The molecule has 1 aromatic rings. The molecule has 8 nitrogen and oxygen atoms in total. The van der Waals surface area contributed by atoms with Crippen molar-refractivity contribution < 1.29 is 23.9 Å². The Labute approximate surface area is 208 Å². The van der Waals surface area contributed by atoms with E-state index in [1.807, 2.05) is 0 Å². The highest BCUT2D eigenvalue weighted by molar-refractivity contribution is 6.25. The van der Waals surface area contributed by atoms with Crippen LogP contribution in [0, 0.1) is 0 Å². The van der Waals surface area contributed by atoms with Gasteiger partial charge < -0.3 is 10.1 Å². The number of nitrogens with one attached hydrogen (secondary N) is 2. The van der Waals surface area contributed by atoms with Crippen LogP contribution in [-0.4, -0.2) is 52.3 Å². The molecule has 2 aliphatic rings. The molecule has 0 bridgehead atoms. The molecule has 2 N–H and O–H groups in total. The minimum Gasteiger partial charge on any atom is -0.379 e. The van der Waals surface area contributed by atoms with Gasteiger partial charge in [0.25, 0.3) is 11.8 Å². The maximum atomic E-state index is 13.4. The van der Waals surface area contributed by atoms with Gasteiger partial charge in [-0.2, -0.15) is 0 Å². The fraction of sp³-hybridized carbons (Fsp3) is 0.630. The van der Waals surface area contributed by atoms with Gasteiger partial charge in [0.1, 0.15) is 6.04 Å². The Bertz CT molecular complexity index is 993. The van der Waals surface area contributed by atoms with Gasteiger partial charge >= 0.3 is 0 Å². The fourth-order valence-electron chi connectivity index (χ4n) is 4.70. The summed E-state index contributed by atoms with van der Waals surface area (Å²) in [4.78, 5) is 51.4. The van der Waals surface area contributed by atoms with E-state index in [4.69, 9.17) is 4.74 Å². The Morgan fingerprint density at radius 1 is 1.06 bits per heavy atom. The number of rotatable bonds is 12. The summed E-state index contributed by atoms with van der Waals surface area (Å²) in [5, 5.41) is 5.75. The molecule has 4 amide bonds. The average Bonchev–Trinajstić information content (AvgIpc) is 3.08. The van der Waals surface area contributed by atoms with Crippen LogP contribution in [0.5, 0.6) is 0 Å². The third-order valence-electron chi connectivity index (χ3n) is 7.60. The summed E-state index contributed by atoms with van der Waals surface area (Å²) in [6, 6.07) is 4.17. The first-order valence-corrected chi connectivity index (χ1v) is 12.8. The second-order valence-electron chi connectivity index (χ2n) is 10.2. The largest absolute Gasteiger partial charge is 0.379 e. The Hall–Kier alpha value is -2.74.